The summed E-state index contributed by atoms with van der Waals surface area (Å²) in [4.78, 5) is 19.4. The number of methoxy groups -OCH3 is 2. The van der Waals surface area contributed by atoms with Gasteiger partial charge in [0.1, 0.15) is 18.0 Å². The molecule has 164 valence electrons. The Bertz CT molecular complexity index is 1120. The normalized spacial score (nSPS) is 21.2. The number of nitrogens with zero attached hydrogens (tertiary/aromatic N) is 2. The zero-order valence-corrected chi connectivity index (χ0v) is 18.8. The molecule has 0 unspecified atom stereocenters. The molecule has 2 aliphatic rings. The lowest BCUT2D eigenvalue weighted by Gasteiger charge is -2.24. The summed E-state index contributed by atoms with van der Waals surface area (Å²) in [7, 11) is 0.0632. The molecule has 1 fully saturated rings. The first-order valence-electron chi connectivity index (χ1n) is 9.68. The topological polar surface area (TPSA) is 97.3 Å². The SMILES string of the molecule is COc1cccc(N(CC(=O)Nc2ccccc2OC)C2=N[C@H]3CS(=O)(=O)C[C@H]3S2)c1. The molecule has 0 radical (unpaired) electrons. The fraction of sp³-hybridized carbons (Fsp3) is 0.333. The average Bonchev–Trinajstić information content (AvgIpc) is 3.25. The Morgan fingerprint density at radius 2 is 1.97 bits per heavy atom. The van der Waals surface area contributed by atoms with Gasteiger partial charge >= 0.3 is 0 Å². The maximum Gasteiger partial charge on any atom is 0.244 e. The summed E-state index contributed by atoms with van der Waals surface area (Å²) in [5.74, 6) is 1.12. The number of benzene rings is 2. The fourth-order valence-electron chi connectivity index (χ4n) is 3.60. The largest absolute Gasteiger partial charge is 0.497 e. The van der Waals surface area contributed by atoms with Crippen LogP contribution in [-0.2, 0) is 14.6 Å². The van der Waals surface area contributed by atoms with Crippen molar-refractivity contribution in [1.29, 1.82) is 0 Å². The van der Waals surface area contributed by atoms with Crippen molar-refractivity contribution < 1.29 is 22.7 Å². The number of hydrogen-bond acceptors (Lipinski definition) is 8. The number of anilines is 2. The Labute approximate surface area is 185 Å². The lowest BCUT2D eigenvalue weighted by molar-refractivity contribution is -0.114. The number of ether oxygens (including phenoxy) is 2. The van der Waals surface area contributed by atoms with E-state index in [0.717, 1.165) is 5.69 Å². The summed E-state index contributed by atoms with van der Waals surface area (Å²) < 4.78 is 34.5. The quantitative estimate of drug-likeness (QED) is 0.706. The molecule has 2 aromatic carbocycles. The maximum atomic E-state index is 12.9. The van der Waals surface area contributed by atoms with Crippen molar-refractivity contribution in [3.63, 3.8) is 0 Å². The number of hydrogen-bond donors (Lipinski definition) is 1. The summed E-state index contributed by atoms with van der Waals surface area (Å²) in [6.07, 6.45) is 0. The standard InChI is InChI=1S/C21H23N3O5S2/c1-28-15-7-5-6-14(10-15)24(21-23-17-12-31(26,27)13-19(17)30-21)11-20(25)22-16-8-3-4-9-18(16)29-2/h3-10,17,19H,11-13H2,1-2H3,(H,22,25)/t17-,19+/m0/s1. The van der Waals surface area contributed by atoms with E-state index in [-0.39, 0.29) is 35.2 Å². The van der Waals surface area contributed by atoms with Gasteiger partial charge in [-0.15, -0.1) is 0 Å². The Morgan fingerprint density at radius 1 is 1.16 bits per heavy atom. The number of rotatable bonds is 6. The van der Waals surface area contributed by atoms with E-state index >= 15 is 0 Å². The lowest BCUT2D eigenvalue weighted by atomic mass is 10.2. The summed E-state index contributed by atoms with van der Waals surface area (Å²) in [6.45, 7) is 0.00321. The minimum atomic E-state index is -3.06. The number of thioether (sulfide) groups is 1. The monoisotopic (exact) mass is 461 g/mol. The van der Waals surface area contributed by atoms with Crippen molar-refractivity contribution in [2.24, 2.45) is 4.99 Å². The predicted molar refractivity (Wildman–Crippen MR) is 123 cm³/mol. The van der Waals surface area contributed by atoms with E-state index in [9.17, 15) is 13.2 Å². The molecule has 1 saturated heterocycles. The number of para-hydroxylation sites is 2. The van der Waals surface area contributed by atoms with Gasteiger partial charge in [-0.2, -0.15) is 0 Å². The molecular formula is C21H23N3O5S2. The van der Waals surface area contributed by atoms with Crippen LogP contribution in [-0.4, -0.2) is 63.1 Å². The molecule has 2 aromatic rings. The van der Waals surface area contributed by atoms with Crippen LogP contribution >= 0.6 is 11.8 Å². The fourth-order valence-corrected chi connectivity index (χ4v) is 7.38. The first kappa shape index (κ1) is 21.5. The van der Waals surface area contributed by atoms with Crippen molar-refractivity contribution >= 4 is 44.0 Å². The van der Waals surface area contributed by atoms with E-state index in [1.165, 1.54) is 11.8 Å². The number of aliphatic imine (C=N–C) groups is 1. The lowest BCUT2D eigenvalue weighted by Crippen LogP contribution is -2.36. The molecule has 0 spiro atoms. The highest BCUT2D eigenvalue weighted by Crippen LogP contribution is 2.37. The molecular weight excluding hydrogens is 438 g/mol. The highest BCUT2D eigenvalue weighted by molar-refractivity contribution is 8.15. The first-order valence-corrected chi connectivity index (χ1v) is 12.4. The predicted octanol–water partition coefficient (Wildman–Crippen LogP) is 2.42. The number of carbonyl (C=O) groups is 1. The van der Waals surface area contributed by atoms with Gasteiger partial charge < -0.3 is 19.7 Å². The summed E-state index contributed by atoms with van der Waals surface area (Å²) in [5.41, 5.74) is 1.31. The van der Waals surface area contributed by atoms with E-state index in [1.54, 1.807) is 31.3 Å². The van der Waals surface area contributed by atoms with E-state index in [2.05, 4.69) is 10.3 Å². The van der Waals surface area contributed by atoms with Crippen molar-refractivity contribution in [3.05, 3.63) is 48.5 Å². The Kier molecular flexibility index (Phi) is 6.10. The second-order valence-electron chi connectivity index (χ2n) is 7.25. The summed E-state index contributed by atoms with van der Waals surface area (Å²) in [6, 6.07) is 14.3. The average molecular weight is 462 g/mol. The van der Waals surface area contributed by atoms with Crippen LogP contribution in [0.25, 0.3) is 0 Å². The summed E-state index contributed by atoms with van der Waals surface area (Å²) >= 11 is 1.41. The van der Waals surface area contributed by atoms with E-state index in [0.29, 0.717) is 22.4 Å². The smallest absolute Gasteiger partial charge is 0.244 e. The number of sulfone groups is 1. The molecule has 0 bridgehead atoms. The minimum absolute atomic E-state index is 0.00321. The van der Waals surface area contributed by atoms with Gasteiger partial charge in [0.15, 0.2) is 15.0 Å². The minimum Gasteiger partial charge on any atom is -0.497 e. The van der Waals surface area contributed by atoms with Gasteiger partial charge in [-0.25, -0.2) is 8.42 Å². The van der Waals surface area contributed by atoms with E-state index in [1.807, 2.05) is 36.4 Å². The van der Waals surface area contributed by atoms with Crippen LogP contribution < -0.4 is 19.7 Å². The molecule has 4 rings (SSSR count). The van der Waals surface area contributed by atoms with Crippen molar-refractivity contribution in [2.45, 2.75) is 11.3 Å². The van der Waals surface area contributed by atoms with Gasteiger partial charge in [0.2, 0.25) is 5.91 Å². The molecule has 2 aliphatic heterocycles. The molecule has 0 aliphatic carbocycles. The molecule has 8 nitrogen and oxygen atoms in total. The molecule has 10 heteroatoms. The third kappa shape index (κ3) is 4.80. The number of amides is 1. The van der Waals surface area contributed by atoms with E-state index in [4.69, 9.17) is 9.47 Å². The molecule has 2 heterocycles. The zero-order chi connectivity index (χ0) is 22.0. The van der Waals surface area contributed by atoms with Gasteiger partial charge in [0.25, 0.3) is 0 Å². The maximum absolute atomic E-state index is 12.9. The van der Waals surface area contributed by atoms with Gasteiger partial charge in [-0.1, -0.05) is 30.0 Å². The van der Waals surface area contributed by atoms with Crippen LogP contribution in [0.4, 0.5) is 11.4 Å². The van der Waals surface area contributed by atoms with E-state index < -0.39 is 9.84 Å². The van der Waals surface area contributed by atoms with Gasteiger partial charge in [-0.3, -0.25) is 9.79 Å². The molecule has 0 aromatic heterocycles. The van der Waals surface area contributed by atoms with Crippen LogP contribution in [0.5, 0.6) is 11.5 Å². The molecule has 1 N–H and O–H groups in total. The van der Waals surface area contributed by atoms with Crippen LogP contribution in [0.15, 0.2) is 53.5 Å². The van der Waals surface area contributed by atoms with Crippen LogP contribution in [0, 0.1) is 0 Å². The molecule has 0 saturated carbocycles. The molecule has 31 heavy (non-hydrogen) atoms. The van der Waals surface area contributed by atoms with Crippen LogP contribution in [0.2, 0.25) is 0 Å². The Morgan fingerprint density at radius 3 is 2.71 bits per heavy atom. The van der Waals surface area contributed by atoms with Crippen LogP contribution in [0.3, 0.4) is 0 Å². The van der Waals surface area contributed by atoms with Gasteiger partial charge in [0, 0.05) is 17.0 Å². The number of carbonyl (C=O) groups excluding carboxylic acids is 1. The zero-order valence-electron chi connectivity index (χ0n) is 17.1. The van der Waals surface area contributed by atoms with Gasteiger partial charge in [0.05, 0.1) is 37.5 Å². The highest BCUT2D eigenvalue weighted by atomic mass is 32.2. The third-order valence-electron chi connectivity index (χ3n) is 5.08. The Balaban J connectivity index is 1.59. The third-order valence-corrected chi connectivity index (χ3v) is 8.33. The number of amidine groups is 1. The van der Waals surface area contributed by atoms with Gasteiger partial charge in [-0.05, 0) is 24.3 Å². The molecule has 1 amide bonds. The van der Waals surface area contributed by atoms with Crippen molar-refractivity contribution in [3.8, 4) is 11.5 Å². The Hall–Kier alpha value is -2.72. The summed E-state index contributed by atoms with van der Waals surface area (Å²) in [5, 5.41) is 3.39. The molecule has 2 atom stereocenters. The highest BCUT2D eigenvalue weighted by Gasteiger charge is 2.44. The van der Waals surface area contributed by atoms with Crippen molar-refractivity contribution in [1.82, 2.24) is 0 Å². The van der Waals surface area contributed by atoms with Crippen LogP contribution in [0.1, 0.15) is 0 Å². The number of nitrogens with one attached hydrogen (secondary N) is 1. The van der Waals surface area contributed by atoms with Crippen molar-refractivity contribution in [2.75, 3.05) is 42.5 Å². The second-order valence-corrected chi connectivity index (χ2v) is 10.6. The first-order chi connectivity index (χ1) is 14.9. The second kappa shape index (κ2) is 8.80. The number of fused-ring (bicyclic) bond motifs is 1.